The molecule has 2 N–H and O–H groups in total. The fourth-order valence-electron chi connectivity index (χ4n) is 2.32. The van der Waals surface area contributed by atoms with Gasteiger partial charge in [-0.25, -0.2) is 0 Å². The molecule has 2 aromatic rings. The third kappa shape index (κ3) is 4.54. The van der Waals surface area contributed by atoms with Crippen LogP contribution in [0.5, 0.6) is 0 Å². The van der Waals surface area contributed by atoms with Crippen LogP contribution < -0.4 is 0 Å². The largest absolute Gasteiger partial charge is 0.481 e. The van der Waals surface area contributed by atoms with E-state index in [2.05, 4.69) is 0 Å². The molecule has 4 heteroatoms. The molecule has 0 bridgehead atoms. The summed E-state index contributed by atoms with van der Waals surface area (Å²) < 4.78 is 0. The number of hydrogen-bond acceptors (Lipinski definition) is 2. The summed E-state index contributed by atoms with van der Waals surface area (Å²) >= 11 is 0. The predicted molar refractivity (Wildman–Crippen MR) is 88.1 cm³/mol. The molecule has 0 fully saturated rings. The van der Waals surface area contributed by atoms with E-state index in [0.717, 1.165) is 22.3 Å². The second kappa shape index (κ2) is 7.40. The molecule has 2 aromatic carbocycles. The Morgan fingerprint density at radius 3 is 2.04 bits per heavy atom. The molecule has 0 saturated carbocycles. The van der Waals surface area contributed by atoms with E-state index in [1.54, 1.807) is 0 Å². The van der Waals surface area contributed by atoms with Gasteiger partial charge in [0, 0.05) is 0 Å². The Balaban J connectivity index is 2.52. The minimum Gasteiger partial charge on any atom is -0.481 e. The predicted octanol–water partition coefficient (Wildman–Crippen LogP) is 3.60. The van der Waals surface area contributed by atoms with Crippen molar-refractivity contribution in [1.29, 1.82) is 0 Å². The highest BCUT2D eigenvalue weighted by Gasteiger charge is 2.20. The first-order valence-electron chi connectivity index (χ1n) is 7.26. The van der Waals surface area contributed by atoms with Crippen LogP contribution in [-0.4, -0.2) is 22.2 Å². The standard InChI is InChI=1S/C19H18O4/c1-13-7-9-15(10-8-13)17(14-5-3-2-4-6-14)11-16(19(22)23)12-18(20)21/h2-11,16H,12H2,1H3,(H,20,21)(H,22,23). The summed E-state index contributed by atoms with van der Waals surface area (Å²) in [6, 6.07) is 17.1. The van der Waals surface area contributed by atoms with Crippen molar-refractivity contribution in [3.8, 4) is 0 Å². The lowest BCUT2D eigenvalue weighted by Gasteiger charge is -2.12. The highest BCUT2D eigenvalue weighted by atomic mass is 16.4. The SMILES string of the molecule is Cc1ccc(C(=CC(CC(=O)O)C(=O)O)c2ccccc2)cc1. The van der Waals surface area contributed by atoms with Crippen molar-refractivity contribution in [2.45, 2.75) is 13.3 Å². The van der Waals surface area contributed by atoms with Crippen LogP contribution in [-0.2, 0) is 9.59 Å². The molecule has 118 valence electrons. The van der Waals surface area contributed by atoms with Crippen LogP contribution in [0.25, 0.3) is 5.57 Å². The average Bonchev–Trinajstić information content (AvgIpc) is 2.53. The number of carboxylic acids is 2. The third-order valence-corrected chi connectivity index (χ3v) is 3.53. The Labute approximate surface area is 134 Å². The van der Waals surface area contributed by atoms with Crippen molar-refractivity contribution in [2.75, 3.05) is 0 Å². The number of carbonyl (C=O) groups is 2. The third-order valence-electron chi connectivity index (χ3n) is 3.53. The fourth-order valence-corrected chi connectivity index (χ4v) is 2.32. The zero-order chi connectivity index (χ0) is 16.8. The maximum Gasteiger partial charge on any atom is 0.310 e. The van der Waals surface area contributed by atoms with Crippen LogP contribution in [0.1, 0.15) is 23.1 Å². The molecule has 0 aliphatic carbocycles. The maximum atomic E-state index is 11.4. The van der Waals surface area contributed by atoms with E-state index < -0.39 is 24.3 Å². The van der Waals surface area contributed by atoms with Gasteiger partial charge in [0.15, 0.2) is 0 Å². The molecule has 0 aliphatic rings. The minimum absolute atomic E-state index is 0.447. The summed E-state index contributed by atoms with van der Waals surface area (Å²) in [6.07, 6.45) is 1.08. The van der Waals surface area contributed by atoms with Gasteiger partial charge in [0.2, 0.25) is 0 Å². The molecule has 0 aromatic heterocycles. The van der Waals surface area contributed by atoms with Crippen molar-refractivity contribution in [2.24, 2.45) is 5.92 Å². The highest BCUT2D eigenvalue weighted by molar-refractivity contribution is 5.86. The van der Waals surface area contributed by atoms with E-state index >= 15 is 0 Å². The molecule has 0 aliphatic heterocycles. The average molecular weight is 310 g/mol. The second-order valence-corrected chi connectivity index (χ2v) is 5.35. The zero-order valence-corrected chi connectivity index (χ0v) is 12.8. The van der Waals surface area contributed by atoms with E-state index in [1.165, 1.54) is 6.08 Å². The fraction of sp³-hybridized carbons (Fsp3) is 0.158. The van der Waals surface area contributed by atoms with Crippen molar-refractivity contribution >= 4 is 17.5 Å². The molecule has 2 rings (SSSR count). The summed E-state index contributed by atoms with van der Waals surface area (Å²) in [7, 11) is 0. The van der Waals surface area contributed by atoms with Crippen LogP contribution in [0.15, 0.2) is 60.7 Å². The number of hydrogen-bond donors (Lipinski definition) is 2. The first kappa shape index (κ1) is 16.5. The molecule has 0 amide bonds. The van der Waals surface area contributed by atoms with Gasteiger partial charge in [0.25, 0.3) is 0 Å². The molecule has 0 spiro atoms. The van der Waals surface area contributed by atoms with Gasteiger partial charge in [0.05, 0.1) is 12.3 Å². The number of benzene rings is 2. The first-order chi connectivity index (χ1) is 11.0. The van der Waals surface area contributed by atoms with Gasteiger partial charge < -0.3 is 10.2 Å². The number of aliphatic carboxylic acids is 2. The normalized spacial score (nSPS) is 12.7. The van der Waals surface area contributed by atoms with E-state index in [-0.39, 0.29) is 0 Å². The highest BCUT2D eigenvalue weighted by Crippen LogP contribution is 2.26. The number of aryl methyl sites for hydroxylation is 1. The quantitative estimate of drug-likeness (QED) is 0.855. The smallest absolute Gasteiger partial charge is 0.310 e. The Hall–Kier alpha value is -2.88. The van der Waals surface area contributed by atoms with E-state index in [1.807, 2.05) is 61.5 Å². The van der Waals surface area contributed by atoms with Gasteiger partial charge in [-0.15, -0.1) is 0 Å². The molecule has 1 atom stereocenters. The summed E-state index contributed by atoms with van der Waals surface area (Å²) in [5, 5.41) is 18.2. The molecule has 4 nitrogen and oxygen atoms in total. The molecule has 0 radical (unpaired) electrons. The van der Waals surface area contributed by atoms with Gasteiger partial charge in [-0.1, -0.05) is 66.2 Å². The van der Waals surface area contributed by atoms with Crippen LogP contribution in [0.4, 0.5) is 0 Å². The molecular weight excluding hydrogens is 292 g/mol. The second-order valence-electron chi connectivity index (χ2n) is 5.35. The van der Waals surface area contributed by atoms with Gasteiger partial charge in [-0.2, -0.15) is 0 Å². The Kier molecular flexibility index (Phi) is 5.31. The molecule has 23 heavy (non-hydrogen) atoms. The van der Waals surface area contributed by atoms with Crippen LogP contribution >= 0.6 is 0 Å². The summed E-state index contributed by atoms with van der Waals surface area (Å²) in [4.78, 5) is 22.3. The Morgan fingerprint density at radius 2 is 1.52 bits per heavy atom. The Bertz CT molecular complexity index is 715. The summed E-state index contributed by atoms with van der Waals surface area (Å²) in [6.45, 7) is 1.97. The molecular formula is C19H18O4. The van der Waals surface area contributed by atoms with Gasteiger partial charge >= 0.3 is 11.9 Å². The lowest BCUT2D eigenvalue weighted by molar-refractivity contribution is -0.146. The van der Waals surface area contributed by atoms with Crippen LogP contribution in [0, 0.1) is 12.8 Å². The van der Waals surface area contributed by atoms with E-state index in [9.17, 15) is 14.7 Å². The van der Waals surface area contributed by atoms with Crippen LogP contribution in [0.2, 0.25) is 0 Å². The van der Waals surface area contributed by atoms with Gasteiger partial charge in [-0.05, 0) is 23.6 Å². The van der Waals surface area contributed by atoms with Crippen molar-refractivity contribution in [1.82, 2.24) is 0 Å². The number of carboxylic acid groups (broad SMARTS) is 2. The monoisotopic (exact) mass is 310 g/mol. The van der Waals surface area contributed by atoms with Crippen molar-refractivity contribution < 1.29 is 19.8 Å². The Morgan fingerprint density at radius 1 is 0.957 bits per heavy atom. The lowest BCUT2D eigenvalue weighted by atomic mass is 9.92. The molecule has 0 saturated heterocycles. The lowest BCUT2D eigenvalue weighted by Crippen LogP contribution is -2.16. The molecule has 0 heterocycles. The zero-order valence-electron chi connectivity index (χ0n) is 12.8. The topological polar surface area (TPSA) is 74.6 Å². The van der Waals surface area contributed by atoms with E-state index in [4.69, 9.17) is 5.11 Å². The van der Waals surface area contributed by atoms with Crippen molar-refractivity contribution in [3.05, 3.63) is 77.4 Å². The van der Waals surface area contributed by atoms with Crippen LogP contribution in [0.3, 0.4) is 0 Å². The minimum atomic E-state index is -1.15. The van der Waals surface area contributed by atoms with Gasteiger partial charge in [-0.3, -0.25) is 9.59 Å². The molecule has 1 unspecified atom stereocenters. The number of rotatable bonds is 6. The summed E-state index contributed by atoms with van der Waals surface area (Å²) in [5.41, 5.74) is 3.53. The maximum absolute atomic E-state index is 11.4. The summed E-state index contributed by atoms with van der Waals surface area (Å²) in [5.74, 6) is -3.36. The van der Waals surface area contributed by atoms with Crippen molar-refractivity contribution in [3.63, 3.8) is 0 Å². The van der Waals surface area contributed by atoms with E-state index in [0.29, 0.717) is 0 Å². The van der Waals surface area contributed by atoms with Gasteiger partial charge in [0.1, 0.15) is 0 Å². The first-order valence-corrected chi connectivity index (χ1v) is 7.26.